The third-order valence-corrected chi connectivity index (χ3v) is 2.63. The molecule has 0 atom stereocenters. The van der Waals surface area contributed by atoms with Crippen LogP contribution in [0.15, 0.2) is 48.5 Å². The highest BCUT2D eigenvalue weighted by atomic mass is 16.4. The predicted molar refractivity (Wildman–Crippen MR) is 78.0 cm³/mol. The molecule has 18 heavy (non-hydrogen) atoms. The SMILES string of the molecule is C1=Cc2ccccc2Nc2ccccc21.COC. The molecule has 2 nitrogen and oxygen atoms in total. The van der Waals surface area contributed by atoms with Crippen molar-refractivity contribution in [2.24, 2.45) is 0 Å². The Morgan fingerprint density at radius 2 is 1.11 bits per heavy atom. The summed E-state index contributed by atoms with van der Waals surface area (Å²) in [6.45, 7) is 0. The van der Waals surface area contributed by atoms with Crippen molar-refractivity contribution in [3.05, 3.63) is 59.7 Å². The second-order valence-corrected chi connectivity index (χ2v) is 4.04. The fourth-order valence-corrected chi connectivity index (χ4v) is 1.84. The second-order valence-electron chi connectivity index (χ2n) is 4.04. The fourth-order valence-electron chi connectivity index (χ4n) is 1.84. The lowest BCUT2D eigenvalue weighted by atomic mass is 10.1. The van der Waals surface area contributed by atoms with Gasteiger partial charge in [-0.3, -0.25) is 0 Å². The summed E-state index contributed by atoms with van der Waals surface area (Å²) in [5.41, 5.74) is 4.79. The Kier molecular flexibility index (Phi) is 4.15. The number of para-hydroxylation sites is 2. The topological polar surface area (TPSA) is 21.3 Å². The number of benzene rings is 2. The molecule has 0 aromatic heterocycles. The van der Waals surface area contributed by atoms with Crippen LogP contribution < -0.4 is 5.32 Å². The molecular formula is C16H17NO. The minimum Gasteiger partial charge on any atom is -0.388 e. The molecule has 0 saturated heterocycles. The number of nitrogens with one attached hydrogen (secondary N) is 1. The molecule has 2 aromatic rings. The van der Waals surface area contributed by atoms with Crippen molar-refractivity contribution in [1.82, 2.24) is 0 Å². The molecule has 1 aliphatic heterocycles. The summed E-state index contributed by atoms with van der Waals surface area (Å²) in [7, 11) is 3.25. The summed E-state index contributed by atoms with van der Waals surface area (Å²) in [5.74, 6) is 0. The van der Waals surface area contributed by atoms with E-state index in [1.165, 1.54) is 22.5 Å². The first kappa shape index (κ1) is 12.4. The molecule has 1 aliphatic rings. The van der Waals surface area contributed by atoms with Crippen LogP contribution in [0.4, 0.5) is 11.4 Å². The standard InChI is InChI=1S/C14H11N.C2H6O/c1-3-7-13-11(5-1)9-10-12-6-2-4-8-14(12)15-13;1-3-2/h1-10,15H;1-2H3. The van der Waals surface area contributed by atoms with E-state index >= 15 is 0 Å². The van der Waals surface area contributed by atoms with Gasteiger partial charge in [-0.1, -0.05) is 48.6 Å². The molecule has 0 fully saturated rings. The number of fused-ring (bicyclic) bond motifs is 2. The van der Waals surface area contributed by atoms with Crippen molar-refractivity contribution < 1.29 is 4.74 Å². The van der Waals surface area contributed by atoms with E-state index in [0.29, 0.717) is 0 Å². The summed E-state index contributed by atoms with van der Waals surface area (Å²) < 4.78 is 4.25. The van der Waals surface area contributed by atoms with Gasteiger partial charge in [-0.15, -0.1) is 0 Å². The third kappa shape index (κ3) is 2.79. The van der Waals surface area contributed by atoms with Gasteiger partial charge in [0.15, 0.2) is 0 Å². The Morgan fingerprint density at radius 1 is 0.722 bits per heavy atom. The molecule has 0 amide bonds. The molecule has 0 saturated carbocycles. The van der Waals surface area contributed by atoms with Crippen molar-refractivity contribution in [3.8, 4) is 0 Å². The van der Waals surface area contributed by atoms with Gasteiger partial charge >= 0.3 is 0 Å². The molecule has 0 radical (unpaired) electrons. The Bertz CT molecular complexity index is 499. The first-order valence-corrected chi connectivity index (χ1v) is 5.88. The second kappa shape index (κ2) is 6.03. The smallest absolute Gasteiger partial charge is 0.0457 e. The van der Waals surface area contributed by atoms with Crippen LogP contribution in [0.1, 0.15) is 11.1 Å². The average Bonchev–Trinajstić information content (AvgIpc) is 2.58. The monoisotopic (exact) mass is 239 g/mol. The molecule has 0 spiro atoms. The maximum Gasteiger partial charge on any atom is 0.0457 e. The summed E-state index contributed by atoms with van der Waals surface area (Å²) in [6, 6.07) is 16.6. The van der Waals surface area contributed by atoms with Crippen LogP contribution in [0.25, 0.3) is 12.2 Å². The van der Waals surface area contributed by atoms with Gasteiger partial charge in [-0.2, -0.15) is 0 Å². The number of hydrogen-bond donors (Lipinski definition) is 1. The number of hydrogen-bond acceptors (Lipinski definition) is 2. The average molecular weight is 239 g/mol. The zero-order valence-corrected chi connectivity index (χ0v) is 10.7. The van der Waals surface area contributed by atoms with Crippen LogP contribution in [-0.2, 0) is 4.74 Å². The summed E-state index contributed by atoms with van der Waals surface area (Å²) >= 11 is 0. The van der Waals surface area contributed by atoms with Crippen molar-refractivity contribution in [2.75, 3.05) is 19.5 Å². The Labute approximate surface area is 108 Å². The molecule has 3 rings (SSSR count). The first-order chi connectivity index (χ1) is 8.85. The van der Waals surface area contributed by atoms with E-state index in [2.05, 4.69) is 58.6 Å². The summed E-state index contributed by atoms with van der Waals surface area (Å²) in [6.07, 6.45) is 4.29. The molecule has 0 unspecified atom stereocenters. The van der Waals surface area contributed by atoms with Gasteiger partial charge in [0.1, 0.15) is 0 Å². The van der Waals surface area contributed by atoms with Crippen LogP contribution in [0.2, 0.25) is 0 Å². The lowest BCUT2D eigenvalue weighted by Crippen LogP contribution is -1.92. The number of anilines is 2. The van der Waals surface area contributed by atoms with Crippen molar-refractivity contribution in [2.45, 2.75) is 0 Å². The highest BCUT2D eigenvalue weighted by molar-refractivity contribution is 5.87. The minimum atomic E-state index is 1.17. The van der Waals surface area contributed by atoms with Crippen molar-refractivity contribution >= 4 is 23.5 Å². The number of methoxy groups -OCH3 is 1. The Hall–Kier alpha value is -2.06. The molecule has 92 valence electrons. The largest absolute Gasteiger partial charge is 0.388 e. The lowest BCUT2D eigenvalue weighted by molar-refractivity contribution is 0.277. The van der Waals surface area contributed by atoms with E-state index in [9.17, 15) is 0 Å². The molecule has 1 N–H and O–H groups in total. The molecular weight excluding hydrogens is 222 g/mol. The van der Waals surface area contributed by atoms with Gasteiger partial charge in [0.25, 0.3) is 0 Å². The molecule has 0 bridgehead atoms. The van der Waals surface area contributed by atoms with E-state index < -0.39 is 0 Å². The van der Waals surface area contributed by atoms with Crippen LogP contribution in [0.3, 0.4) is 0 Å². The van der Waals surface area contributed by atoms with Gasteiger partial charge in [-0.25, -0.2) is 0 Å². The maximum atomic E-state index is 4.25. The highest BCUT2D eigenvalue weighted by Crippen LogP contribution is 2.29. The summed E-state index contributed by atoms with van der Waals surface area (Å²) in [5, 5.41) is 3.44. The quantitative estimate of drug-likeness (QED) is 0.635. The zero-order valence-electron chi connectivity index (χ0n) is 10.7. The number of ether oxygens (including phenoxy) is 1. The van der Waals surface area contributed by atoms with Crippen molar-refractivity contribution in [1.29, 1.82) is 0 Å². The van der Waals surface area contributed by atoms with Gasteiger partial charge in [-0.05, 0) is 23.3 Å². The summed E-state index contributed by atoms with van der Waals surface area (Å²) in [4.78, 5) is 0. The molecule has 1 heterocycles. The van der Waals surface area contributed by atoms with E-state index in [-0.39, 0.29) is 0 Å². The maximum absolute atomic E-state index is 4.25. The van der Waals surface area contributed by atoms with Gasteiger partial charge in [0.2, 0.25) is 0 Å². The van der Waals surface area contributed by atoms with Gasteiger partial charge < -0.3 is 10.1 Å². The molecule has 0 aliphatic carbocycles. The van der Waals surface area contributed by atoms with Crippen LogP contribution in [0.5, 0.6) is 0 Å². The molecule has 2 aromatic carbocycles. The van der Waals surface area contributed by atoms with E-state index in [1.807, 2.05) is 12.1 Å². The van der Waals surface area contributed by atoms with Crippen LogP contribution in [0, 0.1) is 0 Å². The predicted octanol–water partition coefficient (Wildman–Crippen LogP) is 4.18. The Balaban J connectivity index is 0.000000367. The Morgan fingerprint density at radius 3 is 1.56 bits per heavy atom. The minimum absolute atomic E-state index is 1.17. The van der Waals surface area contributed by atoms with Gasteiger partial charge in [0.05, 0.1) is 0 Å². The van der Waals surface area contributed by atoms with Gasteiger partial charge in [0, 0.05) is 25.6 Å². The first-order valence-electron chi connectivity index (χ1n) is 5.88. The lowest BCUT2D eigenvalue weighted by Gasteiger charge is -2.08. The van der Waals surface area contributed by atoms with Crippen LogP contribution in [-0.4, -0.2) is 14.2 Å². The van der Waals surface area contributed by atoms with E-state index in [0.717, 1.165) is 0 Å². The van der Waals surface area contributed by atoms with Crippen LogP contribution >= 0.6 is 0 Å². The highest BCUT2D eigenvalue weighted by Gasteiger charge is 2.05. The van der Waals surface area contributed by atoms with Crippen molar-refractivity contribution in [3.63, 3.8) is 0 Å². The molecule has 2 heteroatoms. The van der Waals surface area contributed by atoms with E-state index in [4.69, 9.17) is 0 Å². The third-order valence-electron chi connectivity index (χ3n) is 2.63. The normalized spacial score (nSPS) is 11.2. The van der Waals surface area contributed by atoms with E-state index in [1.54, 1.807) is 14.2 Å². The number of rotatable bonds is 0. The fraction of sp³-hybridized carbons (Fsp3) is 0.125. The zero-order chi connectivity index (χ0) is 12.8.